The highest BCUT2D eigenvalue weighted by molar-refractivity contribution is 7.98. The highest BCUT2D eigenvalue weighted by Gasteiger charge is 2.29. The Morgan fingerprint density at radius 2 is 1.30 bits per heavy atom. The first-order chi connectivity index (χ1) is 12.7. The van der Waals surface area contributed by atoms with Gasteiger partial charge < -0.3 is 42.1 Å². The number of carbonyl (C=O) groups is 4. The molecule has 0 aromatic rings. The fourth-order valence-electron chi connectivity index (χ4n) is 1.79. The van der Waals surface area contributed by atoms with Crippen molar-refractivity contribution in [2.24, 2.45) is 5.73 Å². The molecule has 0 spiro atoms. The Kier molecular flexibility index (Phi) is 12.3. The molecule has 0 heterocycles. The van der Waals surface area contributed by atoms with E-state index in [0.717, 1.165) is 0 Å². The van der Waals surface area contributed by atoms with Gasteiger partial charge in [0.15, 0.2) is 0 Å². The van der Waals surface area contributed by atoms with E-state index < -0.39 is 67.7 Å². The first-order valence-corrected chi connectivity index (χ1v) is 9.32. The van der Waals surface area contributed by atoms with Gasteiger partial charge in [0.1, 0.15) is 24.2 Å². The summed E-state index contributed by atoms with van der Waals surface area (Å²) in [6, 6.07) is -5.49. The third kappa shape index (κ3) is 9.01. The Morgan fingerprint density at radius 3 is 1.67 bits per heavy atom. The molecule has 3 amide bonds. The van der Waals surface area contributed by atoms with E-state index in [1.54, 1.807) is 6.26 Å². The number of aliphatic hydroxyl groups excluding tert-OH is 3. The van der Waals surface area contributed by atoms with E-state index >= 15 is 0 Å². The molecule has 0 bridgehead atoms. The molecule has 156 valence electrons. The number of nitrogens with two attached hydrogens (primary N) is 1. The van der Waals surface area contributed by atoms with Crippen LogP contribution in [0.3, 0.4) is 0 Å². The Hall–Kier alpha value is -1.93. The SMILES string of the molecule is CSCC[C@H](NC(=O)[C@H](CO)NC(=O)[C@H](CO)NC(=O)[C@@H](N)CO)C(=O)O. The largest absolute Gasteiger partial charge is 0.480 e. The van der Waals surface area contributed by atoms with Crippen LogP contribution >= 0.6 is 11.8 Å². The number of hydrogen-bond donors (Lipinski definition) is 8. The van der Waals surface area contributed by atoms with Gasteiger partial charge in [0.2, 0.25) is 17.7 Å². The van der Waals surface area contributed by atoms with Crippen LogP contribution in [0.2, 0.25) is 0 Å². The summed E-state index contributed by atoms with van der Waals surface area (Å²) >= 11 is 1.39. The van der Waals surface area contributed by atoms with Crippen molar-refractivity contribution in [2.45, 2.75) is 30.6 Å². The molecule has 0 saturated carbocycles. The van der Waals surface area contributed by atoms with Crippen molar-refractivity contribution in [1.82, 2.24) is 16.0 Å². The zero-order valence-corrected chi connectivity index (χ0v) is 15.6. The quantitative estimate of drug-likeness (QED) is 0.146. The molecule has 0 radical (unpaired) electrons. The van der Waals surface area contributed by atoms with Crippen LogP contribution < -0.4 is 21.7 Å². The second-order valence-corrected chi connectivity index (χ2v) is 6.44. The van der Waals surface area contributed by atoms with Crippen LogP contribution in [-0.2, 0) is 19.2 Å². The zero-order chi connectivity index (χ0) is 21.0. The highest BCUT2D eigenvalue weighted by Crippen LogP contribution is 2.02. The number of thioether (sulfide) groups is 1. The van der Waals surface area contributed by atoms with E-state index in [0.29, 0.717) is 5.75 Å². The molecule has 0 saturated heterocycles. The first-order valence-electron chi connectivity index (χ1n) is 7.92. The summed E-state index contributed by atoms with van der Waals surface area (Å²) in [5.41, 5.74) is 5.28. The summed E-state index contributed by atoms with van der Waals surface area (Å²) in [6.07, 6.45) is 1.91. The number of hydrogen-bond acceptors (Lipinski definition) is 9. The minimum absolute atomic E-state index is 0.142. The molecule has 0 fully saturated rings. The standard InChI is InChI=1S/C14H26N4O8S/c1-27-3-2-8(14(25)26)16-12(23)10(6-21)18-13(24)9(5-20)17-11(22)7(15)4-19/h7-10,19-21H,2-6,15H2,1H3,(H,16,23)(H,17,22)(H,18,24)(H,25,26)/t7-,8-,9-,10-/m0/s1. The van der Waals surface area contributed by atoms with Crippen molar-refractivity contribution in [1.29, 1.82) is 0 Å². The number of aliphatic hydroxyl groups is 3. The van der Waals surface area contributed by atoms with Crippen molar-refractivity contribution in [3.63, 3.8) is 0 Å². The number of rotatable bonds is 13. The molecule has 27 heavy (non-hydrogen) atoms. The minimum atomic E-state index is -1.49. The lowest BCUT2D eigenvalue weighted by atomic mass is 10.2. The predicted molar refractivity (Wildman–Crippen MR) is 95.7 cm³/mol. The lowest BCUT2D eigenvalue weighted by Gasteiger charge is -2.23. The number of nitrogens with one attached hydrogen (secondary N) is 3. The molecule has 13 heteroatoms. The van der Waals surface area contributed by atoms with Crippen LogP contribution in [0, 0.1) is 0 Å². The van der Waals surface area contributed by atoms with Gasteiger partial charge in [0, 0.05) is 0 Å². The van der Waals surface area contributed by atoms with Crippen LogP contribution in [0.4, 0.5) is 0 Å². The topological polar surface area (TPSA) is 211 Å². The van der Waals surface area contributed by atoms with Crippen LogP contribution in [0.15, 0.2) is 0 Å². The summed E-state index contributed by atoms with van der Waals surface area (Å²) in [4.78, 5) is 46.9. The van der Waals surface area contributed by atoms with Gasteiger partial charge in [-0.1, -0.05) is 0 Å². The van der Waals surface area contributed by atoms with Crippen molar-refractivity contribution < 1.29 is 39.6 Å². The molecule has 12 nitrogen and oxygen atoms in total. The van der Waals surface area contributed by atoms with E-state index in [1.165, 1.54) is 11.8 Å². The number of carboxylic acid groups (broad SMARTS) is 1. The van der Waals surface area contributed by atoms with Gasteiger partial charge in [0.05, 0.1) is 19.8 Å². The molecular weight excluding hydrogens is 384 g/mol. The molecular formula is C14H26N4O8S. The molecule has 0 aromatic heterocycles. The molecule has 0 aliphatic rings. The number of amides is 3. The molecule has 9 N–H and O–H groups in total. The summed E-state index contributed by atoms with van der Waals surface area (Å²) in [5.74, 6) is -3.63. The van der Waals surface area contributed by atoms with Gasteiger partial charge in [0.25, 0.3) is 0 Å². The monoisotopic (exact) mass is 410 g/mol. The van der Waals surface area contributed by atoms with Gasteiger partial charge in [-0.3, -0.25) is 14.4 Å². The Balaban J connectivity index is 4.90. The van der Waals surface area contributed by atoms with E-state index in [4.69, 9.17) is 15.9 Å². The summed E-state index contributed by atoms with van der Waals surface area (Å²) in [7, 11) is 0. The molecule has 4 atom stereocenters. The van der Waals surface area contributed by atoms with E-state index in [2.05, 4.69) is 16.0 Å². The maximum absolute atomic E-state index is 12.1. The van der Waals surface area contributed by atoms with E-state index in [9.17, 15) is 29.4 Å². The highest BCUT2D eigenvalue weighted by atomic mass is 32.2. The minimum Gasteiger partial charge on any atom is -0.480 e. The molecule has 0 rings (SSSR count). The number of aliphatic carboxylic acids is 1. The fraction of sp³-hybridized carbons (Fsp3) is 0.714. The average Bonchev–Trinajstić information content (AvgIpc) is 2.65. The van der Waals surface area contributed by atoms with E-state index in [-0.39, 0.29) is 6.42 Å². The predicted octanol–water partition coefficient (Wildman–Crippen LogP) is -4.42. The summed E-state index contributed by atoms with van der Waals surface area (Å²) < 4.78 is 0. The molecule has 0 aliphatic carbocycles. The summed E-state index contributed by atoms with van der Waals surface area (Å²) in [6.45, 7) is -2.35. The second kappa shape index (κ2) is 13.3. The van der Waals surface area contributed by atoms with Crippen molar-refractivity contribution in [3.8, 4) is 0 Å². The van der Waals surface area contributed by atoms with Gasteiger partial charge in [-0.25, -0.2) is 4.79 Å². The third-order valence-corrected chi connectivity index (χ3v) is 4.03. The number of carbonyl (C=O) groups excluding carboxylic acids is 3. The van der Waals surface area contributed by atoms with Gasteiger partial charge in [-0.2, -0.15) is 11.8 Å². The Morgan fingerprint density at radius 1 is 0.852 bits per heavy atom. The number of carboxylic acids is 1. The molecule has 0 unspecified atom stereocenters. The third-order valence-electron chi connectivity index (χ3n) is 3.39. The molecule has 0 aliphatic heterocycles. The van der Waals surface area contributed by atoms with Crippen molar-refractivity contribution in [2.75, 3.05) is 31.8 Å². The lowest BCUT2D eigenvalue weighted by molar-refractivity contribution is -0.142. The smallest absolute Gasteiger partial charge is 0.326 e. The Labute approximate surface area is 159 Å². The lowest BCUT2D eigenvalue weighted by Crippen LogP contribution is -2.59. The second-order valence-electron chi connectivity index (χ2n) is 5.46. The van der Waals surface area contributed by atoms with E-state index in [1.807, 2.05) is 0 Å². The van der Waals surface area contributed by atoms with Crippen LogP contribution in [0.25, 0.3) is 0 Å². The normalized spacial score (nSPS) is 15.1. The summed E-state index contributed by atoms with van der Waals surface area (Å²) in [5, 5.41) is 42.8. The maximum atomic E-state index is 12.1. The van der Waals surface area contributed by atoms with Crippen molar-refractivity contribution in [3.05, 3.63) is 0 Å². The van der Waals surface area contributed by atoms with Gasteiger partial charge in [-0.15, -0.1) is 0 Å². The molecule has 0 aromatic carbocycles. The Bertz CT molecular complexity index is 521. The maximum Gasteiger partial charge on any atom is 0.326 e. The van der Waals surface area contributed by atoms with Crippen LogP contribution in [0.1, 0.15) is 6.42 Å². The van der Waals surface area contributed by atoms with Gasteiger partial charge >= 0.3 is 5.97 Å². The van der Waals surface area contributed by atoms with Crippen LogP contribution in [0.5, 0.6) is 0 Å². The van der Waals surface area contributed by atoms with Crippen LogP contribution in [-0.4, -0.2) is 100 Å². The first kappa shape index (κ1) is 25.1. The van der Waals surface area contributed by atoms with Crippen molar-refractivity contribution >= 4 is 35.5 Å². The fourth-order valence-corrected chi connectivity index (χ4v) is 2.26. The average molecular weight is 410 g/mol. The zero-order valence-electron chi connectivity index (χ0n) is 14.8. The van der Waals surface area contributed by atoms with Gasteiger partial charge in [-0.05, 0) is 18.4 Å².